The number of carbonyl (C=O) groups is 2. The predicted molar refractivity (Wildman–Crippen MR) is 91.6 cm³/mol. The van der Waals surface area contributed by atoms with Gasteiger partial charge in [0.05, 0.1) is 0 Å². The number of halogens is 1. The van der Waals surface area contributed by atoms with E-state index in [1.165, 1.54) is 4.88 Å². The maximum absolute atomic E-state index is 12.6. The summed E-state index contributed by atoms with van der Waals surface area (Å²) < 4.78 is 0. The van der Waals surface area contributed by atoms with Gasteiger partial charge in [-0.1, -0.05) is 29.8 Å². The molecule has 1 aliphatic rings. The van der Waals surface area contributed by atoms with Gasteiger partial charge in [-0.25, -0.2) is 0 Å². The predicted octanol–water partition coefficient (Wildman–Crippen LogP) is 3.03. The molecule has 0 bridgehead atoms. The Balaban J connectivity index is 1.75. The molecule has 120 valence electrons. The highest BCUT2D eigenvalue weighted by molar-refractivity contribution is 7.09. The molecular weight excluding hydrogens is 332 g/mol. The van der Waals surface area contributed by atoms with Crippen LogP contribution in [-0.2, 0) is 16.0 Å². The summed E-state index contributed by atoms with van der Waals surface area (Å²) in [6, 6.07) is 10.5. The number of hydrogen-bond donors (Lipinski definition) is 1. The number of amides is 2. The minimum Gasteiger partial charge on any atom is -0.352 e. The normalized spacial score (nSPS) is 17.9. The first-order chi connectivity index (χ1) is 11.1. The van der Waals surface area contributed by atoms with Gasteiger partial charge in [0.25, 0.3) is 0 Å². The Labute approximate surface area is 144 Å². The molecule has 1 aromatic carbocycles. The summed E-state index contributed by atoms with van der Waals surface area (Å²) in [5, 5.41) is 5.45. The number of carbonyl (C=O) groups excluding carboxylic acids is 2. The van der Waals surface area contributed by atoms with Gasteiger partial charge in [0.15, 0.2) is 0 Å². The third kappa shape index (κ3) is 3.74. The fraction of sp³-hybridized carbons (Fsp3) is 0.294. The van der Waals surface area contributed by atoms with Crippen molar-refractivity contribution in [2.45, 2.75) is 18.9 Å². The van der Waals surface area contributed by atoms with Crippen LogP contribution in [0.1, 0.15) is 22.9 Å². The van der Waals surface area contributed by atoms with Crippen LogP contribution in [0.15, 0.2) is 41.8 Å². The highest BCUT2D eigenvalue weighted by atomic mass is 35.5. The fourth-order valence-electron chi connectivity index (χ4n) is 2.74. The lowest BCUT2D eigenvalue weighted by molar-refractivity contribution is -0.143. The third-order valence-corrected chi connectivity index (χ3v) is 5.07. The fourth-order valence-corrected chi connectivity index (χ4v) is 3.58. The van der Waals surface area contributed by atoms with Crippen LogP contribution < -0.4 is 5.32 Å². The van der Waals surface area contributed by atoms with Gasteiger partial charge in [-0.2, -0.15) is 0 Å². The third-order valence-electron chi connectivity index (χ3n) is 3.88. The van der Waals surface area contributed by atoms with E-state index in [4.69, 9.17) is 11.6 Å². The van der Waals surface area contributed by atoms with Crippen molar-refractivity contribution >= 4 is 34.8 Å². The zero-order chi connectivity index (χ0) is 16.2. The van der Waals surface area contributed by atoms with E-state index in [2.05, 4.69) is 5.32 Å². The molecule has 1 unspecified atom stereocenters. The maximum atomic E-state index is 12.6. The van der Waals surface area contributed by atoms with E-state index in [9.17, 15) is 9.59 Å². The molecule has 1 saturated heterocycles. The molecule has 0 saturated carbocycles. The van der Waals surface area contributed by atoms with Crippen LogP contribution in [0.4, 0.5) is 0 Å². The van der Waals surface area contributed by atoms with Crippen molar-refractivity contribution in [2.75, 3.05) is 13.1 Å². The average molecular weight is 349 g/mol. The number of benzene rings is 1. The molecule has 0 radical (unpaired) electrons. The Bertz CT molecular complexity index is 685. The van der Waals surface area contributed by atoms with Crippen LogP contribution in [-0.4, -0.2) is 29.8 Å². The quantitative estimate of drug-likeness (QED) is 0.923. The number of thiophene rings is 1. The standard InChI is InChI=1S/C17H17ClN2O2S/c18-13-5-3-12(4-6-13)16-17(22)19-9-10-20(16)15(21)8-7-14-2-1-11-23-14/h1-6,11,16H,7-10H2,(H,19,22). The van der Waals surface area contributed by atoms with Crippen LogP contribution in [0, 0.1) is 0 Å². The molecular formula is C17H17ClN2O2S. The topological polar surface area (TPSA) is 49.4 Å². The monoisotopic (exact) mass is 348 g/mol. The maximum Gasteiger partial charge on any atom is 0.247 e. The van der Waals surface area contributed by atoms with E-state index >= 15 is 0 Å². The van der Waals surface area contributed by atoms with E-state index in [-0.39, 0.29) is 11.8 Å². The molecule has 23 heavy (non-hydrogen) atoms. The average Bonchev–Trinajstić information content (AvgIpc) is 3.07. The molecule has 4 nitrogen and oxygen atoms in total. The largest absolute Gasteiger partial charge is 0.352 e. The number of hydrogen-bond acceptors (Lipinski definition) is 3. The molecule has 0 spiro atoms. The Morgan fingerprint density at radius 1 is 1.30 bits per heavy atom. The van der Waals surface area contributed by atoms with Crippen molar-refractivity contribution in [3.05, 3.63) is 57.2 Å². The first-order valence-corrected chi connectivity index (χ1v) is 8.76. The van der Waals surface area contributed by atoms with E-state index in [0.717, 1.165) is 5.56 Å². The first kappa shape index (κ1) is 16.0. The van der Waals surface area contributed by atoms with Crippen molar-refractivity contribution in [3.8, 4) is 0 Å². The molecule has 2 heterocycles. The number of piperazine rings is 1. The van der Waals surface area contributed by atoms with Crippen molar-refractivity contribution in [2.24, 2.45) is 0 Å². The molecule has 1 aromatic heterocycles. The molecule has 3 rings (SSSR count). The highest BCUT2D eigenvalue weighted by Crippen LogP contribution is 2.26. The van der Waals surface area contributed by atoms with Gasteiger partial charge in [-0.3, -0.25) is 9.59 Å². The summed E-state index contributed by atoms with van der Waals surface area (Å²) in [6.45, 7) is 1.02. The molecule has 1 N–H and O–H groups in total. The van der Waals surface area contributed by atoms with E-state index in [1.54, 1.807) is 40.5 Å². The van der Waals surface area contributed by atoms with Crippen molar-refractivity contribution in [1.82, 2.24) is 10.2 Å². The second kappa shape index (κ2) is 7.15. The Morgan fingerprint density at radius 3 is 2.78 bits per heavy atom. The van der Waals surface area contributed by atoms with Crippen LogP contribution in [0.2, 0.25) is 5.02 Å². The zero-order valence-electron chi connectivity index (χ0n) is 12.5. The molecule has 1 atom stereocenters. The van der Waals surface area contributed by atoms with Gasteiger partial charge in [-0.15, -0.1) is 11.3 Å². The number of rotatable bonds is 4. The van der Waals surface area contributed by atoms with Crippen LogP contribution in [0.25, 0.3) is 0 Å². The number of nitrogens with one attached hydrogen (secondary N) is 1. The smallest absolute Gasteiger partial charge is 0.247 e. The minimum absolute atomic E-state index is 0.00759. The lowest BCUT2D eigenvalue weighted by Gasteiger charge is -2.35. The van der Waals surface area contributed by atoms with Crippen LogP contribution in [0.5, 0.6) is 0 Å². The molecule has 1 fully saturated rings. The van der Waals surface area contributed by atoms with Gasteiger partial charge in [0.1, 0.15) is 6.04 Å². The lowest BCUT2D eigenvalue weighted by atomic mass is 10.0. The summed E-state index contributed by atoms with van der Waals surface area (Å²) >= 11 is 7.56. The Morgan fingerprint density at radius 2 is 2.09 bits per heavy atom. The van der Waals surface area contributed by atoms with Crippen LogP contribution in [0.3, 0.4) is 0 Å². The molecule has 0 aliphatic carbocycles. The Hall–Kier alpha value is -1.85. The zero-order valence-corrected chi connectivity index (χ0v) is 14.1. The van der Waals surface area contributed by atoms with E-state index in [0.29, 0.717) is 31.0 Å². The van der Waals surface area contributed by atoms with Gasteiger partial charge < -0.3 is 10.2 Å². The molecule has 1 aliphatic heterocycles. The lowest BCUT2D eigenvalue weighted by Crippen LogP contribution is -2.52. The van der Waals surface area contributed by atoms with Gasteiger partial charge in [0, 0.05) is 29.4 Å². The SMILES string of the molecule is O=C1NCCN(C(=O)CCc2cccs2)C1c1ccc(Cl)cc1. The molecule has 2 amide bonds. The van der Waals surface area contributed by atoms with Gasteiger partial charge in [-0.05, 0) is 35.6 Å². The van der Waals surface area contributed by atoms with Crippen LogP contribution >= 0.6 is 22.9 Å². The van der Waals surface area contributed by atoms with E-state index in [1.807, 2.05) is 17.5 Å². The summed E-state index contributed by atoms with van der Waals surface area (Å²) in [5.41, 5.74) is 0.788. The second-order valence-electron chi connectivity index (χ2n) is 5.41. The minimum atomic E-state index is -0.572. The van der Waals surface area contributed by atoms with Gasteiger partial charge >= 0.3 is 0 Å². The van der Waals surface area contributed by atoms with Gasteiger partial charge in [0.2, 0.25) is 11.8 Å². The van der Waals surface area contributed by atoms with Crippen molar-refractivity contribution < 1.29 is 9.59 Å². The summed E-state index contributed by atoms with van der Waals surface area (Å²) in [4.78, 5) is 27.8. The van der Waals surface area contributed by atoms with Crippen molar-refractivity contribution in [3.63, 3.8) is 0 Å². The van der Waals surface area contributed by atoms with Crippen molar-refractivity contribution in [1.29, 1.82) is 0 Å². The number of aryl methyl sites for hydroxylation is 1. The first-order valence-electron chi connectivity index (χ1n) is 7.50. The highest BCUT2D eigenvalue weighted by Gasteiger charge is 2.33. The summed E-state index contributed by atoms with van der Waals surface area (Å²) in [6.07, 6.45) is 1.12. The molecule has 2 aromatic rings. The van der Waals surface area contributed by atoms with E-state index < -0.39 is 6.04 Å². The Kier molecular flexibility index (Phi) is 4.98. The summed E-state index contributed by atoms with van der Waals surface area (Å²) in [5.74, 6) is -0.128. The molecule has 6 heteroatoms. The second-order valence-corrected chi connectivity index (χ2v) is 6.88. The number of nitrogens with zero attached hydrogens (tertiary/aromatic N) is 1. The summed E-state index contributed by atoms with van der Waals surface area (Å²) in [7, 11) is 0.